The Hall–Kier alpha value is -0.320. The Bertz CT molecular complexity index is 388. The second-order valence-corrected chi connectivity index (χ2v) is 6.27. The van der Waals surface area contributed by atoms with Crippen molar-refractivity contribution in [3.8, 4) is 0 Å². The van der Waals surface area contributed by atoms with Crippen LogP contribution in [0.2, 0.25) is 0 Å². The van der Waals surface area contributed by atoms with Gasteiger partial charge in [-0.2, -0.15) is 0 Å². The highest BCUT2D eigenvalue weighted by Crippen LogP contribution is 2.14. The van der Waals surface area contributed by atoms with Crippen LogP contribution >= 0.6 is 24.8 Å². The van der Waals surface area contributed by atoms with E-state index in [0.717, 1.165) is 12.5 Å². The van der Waals surface area contributed by atoms with Gasteiger partial charge in [0.2, 0.25) is 0 Å². The van der Waals surface area contributed by atoms with Gasteiger partial charge in [-0.1, -0.05) is 30.3 Å². The van der Waals surface area contributed by atoms with E-state index in [1.165, 1.54) is 64.2 Å². The summed E-state index contributed by atoms with van der Waals surface area (Å²) in [6, 6.07) is 10.9. The lowest BCUT2D eigenvalue weighted by atomic mass is 9.99. The Morgan fingerprint density at radius 1 is 0.955 bits per heavy atom. The van der Waals surface area contributed by atoms with Crippen molar-refractivity contribution in [1.82, 2.24) is 15.1 Å². The molecular formula is C17H29Cl2N3. The predicted molar refractivity (Wildman–Crippen MR) is 98.2 cm³/mol. The zero-order valence-electron chi connectivity index (χ0n) is 13.2. The highest BCUT2D eigenvalue weighted by atomic mass is 35.5. The molecule has 0 radical (unpaired) electrons. The summed E-state index contributed by atoms with van der Waals surface area (Å²) in [5.41, 5.74) is 1.44. The third-order valence-corrected chi connectivity index (χ3v) is 4.63. The molecule has 2 aliphatic heterocycles. The zero-order valence-corrected chi connectivity index (χ0v) is 14.9. The summed E-state index contributed by atoms with van der Waals surface area (Å²) in [6.45, 7) is 9.77. The second kappa shape index (κ2) is 10.5. The van der Waals surface area contributed by atoms with Crippen molar-refractivity contribution in [3.63, 3.8) is 0 Å². The van der Waals surface area contributed by atoms with Gasteiger partial charge in [0.15, 0.2) is 0 Å². The zero-order chi connectivity index (χ0) is 13.6. The molecule has 3 nitrogen and oxygen atoms in total. The summed E-state index contributed by atoms with van der Waals surface area (Å²) >= 11 is 0. The average molecular weight is 346 g/mol. The first kappa shape index (κ1) is 19.7. The maximum Gasteiger partial charge on any atom is 0.0234 e. The molecule has 2 saturated heterocycles. The van der Waals surface area contributed by atoms with E-state index in [1.807, 2.05) is 0 Å². The molecular weight excluding hydrogens is 317 g/mol. The molecule has 0 spiro atoms. The number of rotatable bonds is 4. The molecule has 2 fully saturated rings. The second-order valence-electron chi connectivity index (χ2n) is 6.27. The molecule has 1 unspecified atom stereocenters. The molecule has 2 aliphatic rings. The lowest BCUT2D eigenvalue weighted by Crippen LogP contribution is -2.48. The van der Waals surface area contributed by atoms with Crippen LogP contribution in [0.4, 0.5) is 0 Å². The molecule has 1 N–H and O–H groups in total. The average Bonchev–Trinajstić information content (AvgIpc) is 2.51. The van der Waals surface area contributed by atoms with E-state index in [4.69, 9.17) is 0 Å². The Morgan fingerprint density at radius 2 is 1.64 bits per heavy atom. The van der Waals surface area contributed by atoms with Gasteiger partial charge >= 0.3 is 0 Å². The summed E-state index contributed by atoms with van der Waals surface area (Å²) < 4.78 is 0. The van der Waals surface area contributed by atoms with Crippen LogP contribution in [0.15, 0.2) is 30.3 Å². The largest absolute Gasteiger partial charge is 0.316 e. The maximum atomic E-state index is 3.53. The molecule has 2 heterocycles. The van der Waals surface area contributed by atoms with Crippen LogP contribution in [0, 0.1) is 5.92 Å². The minimum absolute atomic E-state index is 0. The van der Waals surface area contributed by atoms with Crippen LogP contribution in [0.25, 0.3) is 0 Å². The monoisotopic (exact) mass is 345 g/mol. The van der Waals surface area contributed by atoms with Crippen molar-refractivity contribution >= 4 is 24.8 Å². The van der Waals surface area contributed by atoms with Crippen molar-refractivity contribution in [3.05, 3.63) is 35.9 Å². The molecule has 1 aromatic rings. The molecule has 3 rings (SSSR count). The molecule has 22 heavy (non-hydrogen) atoms. The highest BCUT2D eigenvalue weighted by Gasteiger charge is 2.21. The fraction of sp³-hybridized carbons (Fsp3) is 0.647. The minimum Gasteiger partial charge on any atom is -0.316 e. The topological polar surface area (TPSA) is 18.5 Å². The summed E-state index contributed by atoms with van der Waals surface area (Å²) in [5.74, 6) is 0.879. The molecule has 0 amide bonds. The predicted octanol–water partition coefficient (Wildman–Crippen LogP) is 2.65. The standard InChI is InChI=1S/C17H27N3.2ClH/c1-2-5-16(6-3-1)14-19-9-11-20(12-10-19)15-17-7-4-8-18-13-17;;/h1-3,5-6,17-18H,4,7-15H2;2*1H. The van der Waals surface area contributed by atoms with Crippen LogP contribution in [0.1, 0.15) is 18.4 Å². The first-order chi connectivity index (χ1) is 9.90. The highest BCUT2D eigenvalue weighted by molar-refractivity contribution is 5.85. The van der Waals surface area contributed by atoms with Gasteiger partial charge in [-0.05, 0) is 37.4 Å². The molecule has 0 saturated carbocycles. The molecule has 1 atom stereocenters. The molecule has 126 valence electrons. The van der Waals surface area contributed by atoms with E-state index in [0.29, 0.717) is 0 Å². The third-order valence-electron chi connectivity index (χ3n) is 4.63. The smallest absolute Gasteiger partial charge is 0.0234 e. The number of hydrogen-bond donors (Lipinski definition) is 1. The number of hydrogen-bond acceptors (Lipinski definition) is 3. The van der Waals surface area contributed by atoms with Gasteiger partial charge in [-0.3, -0.25) is 4.90 Å². The van der Waals surface area contributed by atoms with Gasteiger partial charge in [-0.15, -0.1) is 24.8 Å². The first-order valence-corrected chi connectivity index (χ1v) is 8.09. The Balaban J connectivity index is 0.00000121. The van der Waals surface area contributed by atoms with Crippen LogP contribution in [-0.2, 0) is 6.54 Å². The number of piperazine rings is 1. The Morgan fingerprint density at radius 3 is 2.27 bits per heavy atom. The quantitative estimate of drug-likeness (QED) is 0.904. The molecule has 5 heteroatoms. The van der Waals surface area contributed by atoms with Gasteiger partial charge < -0.3 is 10.2 Å². The van der Waals surface area contributed by atoms with E-state index >= 15 is 0 Å². The van der Waals surface area contributed by atoms with Crippen molar-refractivity contribution in [1.29, 1.82) is 0 Å². The number of nitrogens with one attached hydrogen (secondary N) is 1. The van der Waals surface area contributed by atoms with Crippen LogP contribution < -0.4 is 5.32 Å². The van der Waals surface area contributed by atoms with Crippen molar-refractivity contribution in [2.45, 2.75) is 19.4 Å². The Labute approximate surface area is 147 Å². The van der Waals surface area contributed by atoms with Crippen molar-refractivity contribution < 1.29 is 0 Å². The first-order valence-electron chi connectivity index (χ1n) is 8.09. The Kier molecular flexibility index (Phi) is 9.37. The van der Waals surface area contributed by atoms with Crippen molar-refractivity contribution in [2.24, 2.45) is 5.92 Å². The SMILES string of the molecule is Cl.Cl.c1ccc(CN2CCN(CC3CCCNC3)CC2)cc1. The molecule has 0 aromatic heterocycles. The van der Waals surface area contributed by atoms with E-state index in [1.54, 1.807) is 0 Å². The van der Waals surface area contributed by atoms with Crippen molar-refractivity contribution in [2.75, 3.05) is 45.8 Å². The van der Waals surface area contributed by atoms with Gasteiger partial charge in [0.1, 0.15) is 0 Å². The normalized spacial score (nSPS) is 23.4. The van der Waals surface area contributed by atoms with Gasteiger partial charge in [-0.25, -0.2) is 0 Å². The van der Waals surface area contributed by atoms with E-state index in [9.17, 15) is 0 Å². The number of piperidine rings is 1. The summed E-state index contributed by atoms with van der Waals surface area (Å²) in [6.07, 6.45) is 2.77. The van der Waals surface area contributed by atoms with Crippen LogP contribution in [0.5, 0.6) is 0 Å². The summed E-state index contributed by atoms with van der Waals surface area (Å²) in [4.78, 5) is 5.25. The van der Waals surface area contributed by atoms with E-state index in [2.05, 4.69) is 45.4 Å². The van der Waals surface area contributed by atoms with Gasteiger partial charge in [0.05, 0.1) is 0 Å². The summed E-state index contributed by atoms with van der Waals surface area (Å²) in [7, 11) is 0. The van der Waals surface area contributed by atoms with Crippen LogP contribution in [0.3, 0.4) is 0 Å². The fourth-order valence-electron chi connectivity index (χ4n) is 3.42. The number of benzene rings is 1. The lowest BCUT2D eigenvalue weighted by molar-refractivity contribution is 0.108. The van der Waals surface area contributed by atoms with Gasteiger partial charge in [0, 0.05) is 39.3 Å². The lowest BCUT2D eigenvalue weighted by Gasteiger charge is -2.37. The fourth-order valence-corrected chi connectivity index (χ4v) is 3.42. The summed E-state index contributed by atoms with van der Waals surface area (Å²) in [5, 5.41) is 3.53. The van der Waals surface area contributed by atoms with Crippen LogP contribution in [-0.4, -0.2) is 55.6 Å². The molecule has 0 aliphatic carbocycles. The number of halogens is 2. The van der Waals surface area contributed by atoms with E-state index < -0.39 is 0 Å². The molecule has 0 bridgehead atoms. The van der Waals surface area contributed by atoms with E-state index in [-0.39, 0.29) is 24.8 Å². The van der Waals surface area contributed by atoms with Gasteiger partial charge in [0.25, 0.3) is 0 Å². The molecule has 1 aromatic carbocycles. The third kappa shape index (κ3) is 6.05. The maximum absolute atomic E-state index is 3.53. The minimum atomic E-state index is 0. The number of nitrogens with zero attached hydrogens (tertiary/aromatic N) is 2.